The van der Waals surface area contributed by atoms with Crippen LogP contribution in [-0.4, -0.2) is 0 Å². The number of unbranched alkanes of at least 4 members (excludes halogenated alkanes) is 5. The van der Waals surface area contributed by atoms with E-state index in [1.807, 2.05) is 6.07 Å². The van der Waals surface area contributed by atoms with Crippen LogP contribution in [0.25, 0.3) is 10.8 Å². The molecule has 1 atom stereocenters. The lowest BCUT2D eigenvalue weighted by atomic mass is 9.98. The highest BCUT2D eigenvalue weighted by Crippen LogP contribution is 2.27. The molecular weight excluding hydrogens is 334 g/mol. The number of fused-ring (bicyclic) bond motifs is 1. The SMILES string of the molecule is CCCCCCCCc1ccc2ccccc2c1[NH+]([S-])c1ccccc1. The number of nitrogens with one attached hydrogen (secondary N) is 1. The molecule has 0 spiro atoms. The number of hydrogen-bond donors (Lipinski definition) is 1. The lowest BCUT2D eigenvalue weighted by Gasteiger charge is -2.26. The third-order valence-corrected chi connectivity index (χ3v) is 5.52. The molecule has 3 aromatic carbocycles. The molecule has 0 heterocycles. The molecule has 136 valence electrons. The Kier molecular flexibility index (Phi) is 7.16. The van der Waals surface area contributed by atoms with Crippen LogP contribution in [0.2, 0.25) is 0 Å². The summed E-state index contributed by atoms with van der Waals surface area (Å²) in [6, 6.07) is 23.6. The molecule has 0 fully saturated rings. The molecule has 0 aromatic heterocycles. The van der Waals surface area contributed by atoms with Gasteiger partial charge in [-0.3, -0.25) is 0 Å². The minimum absolute atomic E-state index is 0.975. The van der Waals surface area contributed by atoms with Crippen LogP contribution in [-0.2, 0) is 19.2 Å². The Hall–Kier alpha value is -1.77. The Morgan fingerprint density at radius 2 is 1.42 bits per heavy atom. The lowest BCUT2D eigenvalue weighted by molar-refractivity contribution is -0.589. The molecule has 0 aliphatic heterocycles. The van der Waals surface area contributed by atoms with Gasteiger partial charge in [0.05, 0.1) is 0 Å². The van der Waals surface area contributed by atoms with Gasteiger partial charge in [-0.2, -0.15) is 0 Å². The Morgan fingerprint density at radius 3 is 2.23 bits per heavy atom. The van der Waals surface area contributed by atoms with Gasteiger partial charge in [0.25, 0.3) is 0 Å². The Balaban J connectivity index is 1.85. The number of quaternary nitrogens is 1. The molecule has 0 aliphatic rings. The van der Waals surface area contributed by atoms with E-state index in [1.165, 1.54) is 60.5 Å². The molecule has 0 bridgehead atoms. The van der Waals surface area contributed by atoms with E-state index in [1.54, 1.807) is 0 Å². The van der Waals surface area contributed by atoms with Crippen LogP contribution in [0.15, 0.2) is 66.7 Å². The zero-order chi connectivity index (χ0) is 18.2. The topological polar surface area (TPSA) is 4.44 Å². The Labute approximate surface area is 163 Å². The second-order valence-corrected chi connectivity index (χ2v) is 7.44. The maximum absolute atomic E-state index is 5.94. The molecule has 0 radical (unpaired) electrons. The number of para-hydroxylation sites is 1. The zero-order valence-electron chi connectivity index (χ0n) is 15.7. The molecule has 0 amide bonds. The second kappa shape index (κ2) is 9.80. The molecule has 1 unspecified atom stereocenters. The monoisotopic (exact) mass is 363 g/mol. The predicted molar refractivity (Wildman–Crippen MR) is 115 cm³/mol. The summed E-state index contributed by atoms with van der Waals surface area (Å²) < 4.78 is 0.975. The van der Waals surface area contributed by atoms with Gasteiger partial charge in [-0.25, -0.2) is 0 Å². The summed E-state index contributed by atoms with van der Waals surface area (Å²) in [6.45, 7) is 2.27. The van der Waals surface area contributed by atoms with E-state index in [0.717, 1.165) is 16.4 Å². The Morgan fingerprint density at radius 1 is 0.731 bits per heavy atom. The molecule has 3 aromatic rings. The van der Waals surface area contributed by atoms with Crippen molar-refractivity contribution in [3.63, 3.8) is 0 Å². The van der Waals surface area contributed by atoms with Gasteiger partial charge in [-0.05, 0) is 36.4 Å². The molecule has 3 rings (SSSR count). The van der Waals surface area contributed by atoms with E-state index < -0.39 is 0 Å². The minimum Gasteiger partial charge on any atom is -0.483 e. The molecule has 26 heavy (non-hydrogen) atoms. The highest BCUT2D eigenvalue weighted by molar-refractivity contribution is 7.51. The number of benzene rings is 3. The van der Waals surface area contributed by atoms with Crippen molar-refractivity contribution >= 4 is 35.0 Å². The van der Waals surface area contributed by atoms with Crippen LogP contribution >= 0.6 is 0 Å². The van der Waals surface area contributed by atoms with Gasteiger partial charge < -0.3 is 17.1 Å². The standard InChI is InChI=1S/C24H29NS/c1-2-3-4-5-6-8-14-21-19-18-20-13-11-12-17-23(20)24(21)25(26)22-15-9-7-10-16-22/h7,9-13,15-19,25H,2-6,8,14H2,1H3. The van der Waals surface area contributed by atoms with Gasteiger partial charge in [-0.1, -0.05) is 87.6 Å². The van der Waals surface area contributed by atoms with Crippen molar-refractivity contribution < 1.29 is 4.31 Å². The van der Waals surface area contributed by atoms with Crippen LogP contribution in [0.5, 0.6) is 0 Å². The molecular formula is C24H29NS. The molecule has 0 saturated heterocycles. The van der Waals surface area contributed by atoms with Crippen molar-refractivity contribution in [2.75, 3.05) is 0 Å². The first kappa shape index (κ1) is 19.0. The van der Waals surface area contributed by atoms with E-state index in [0.29, 0.717) is 0 Å². The first-order valence-electron chi connectivity index (χ1n) is 9.91. The fraction of sp³-hybridized carbons (Fsp3) is 0.333. The minimum atomic E-state index is 0.975. The maximum Gasteiger partial charge on any atom is 0.129 e. The smallest absolute Gasteiger partial charge is 0.129 e. The van der Waals surface area contributed by atoms with Crippen LogP contribution in [0.1, 0.15) is 51.0 Å². The van der Waals surface area contributed by atoms with E-state index in [2.05, 4.69) is 67.6 Å². The van der Waals surface area contributed by atoms with E-state index in [4.69, 9.17) is 12.8 Å². The van der Waals surface area contributed by atoms with Crippen LogP contribution in [0.3, 0.4) is 0 Å². The van der Waals surface area contributed by atoms with Gasteiger partial charge in [-0.15, -0.1) is 0 Å². The summed E-state index contributed by atoms with van der Waals surface area (Å²) in [5.41, 5.74) is 3.80. The number of rotatable bonds is 9. The highest BCUT2D eigenvalue weighted by atomic mass is 32.1. The molecule has 0 aliphatic carbocycles. The molecule has 1 nitrogen and oxygen atoms in total. The van der Waals surface area contributed by atoms with Crippen molar-refractivity contribution in [3.05, 3.63) is 72.3 Å². The summed E-state index contributed by atoms with van der Waals surface area (Å²) in [7, 11) is 0. The van der Waals surface area contributed by atoms with Crippen molar-refractivity contribution in [2.45, 2.75) is 51.9 Å². The average molecular weight is 364 g/mol. The first-order valence-corrected chi connectivity index (χ1v) is 10.3. The highest BCUT2D eigenvalue weighted by Gasteiger charge is 2.14. The summed E-state index contributed by atoms with van der Waals surface area (Å²) in [5, 5.41) is 2.55. The largest absolute Gasteiger partial charge is 0.483 e. The van der Waals surface area contributed by atoms with E-state index in [-0.39, 0.29) is 0 Å². The number of hydrogen-bond acceptors (Lipinski definition) is 1. The van der Waals surface area contributed by atoms with E-state index >= 15 is 0 Å². The van der Waals surface area contributed by atoms with Gasteiger partial charge in [0.1, 0.15) is 11.4 Å². The van der Waals surface area contributed by atoms with Crippen LogP contribution in [0, 0.1) is 0 Å². The van der Waals surface area contributed by atoms with E-state index in [9.17, 15) is 0 Å². The fourth-order valence-corrected chi connectivity index (χ4v) is 4.00. The normalized spacial score (nSPS) is 12.4. The molecule has 0 saturated carbocycles. The Bertz CT molecular complexity index is 813. The van der Waals surface area contributed by atoms with Crippen LogP contribution < -0.4 is 4.31 Å². The lowest BCUT2D eigenvalue weighted by Crippen LogP contribution is -2.97. The van der Waals surface area contributed by atoms with Gasteiger partial charge >= 0.3 is 0 Å². The van der Waals surface area contributed by atoms with Crippen molar-refractivity contribution in [3.8, 4) is 0 Å². The second-order valence-electron chi connectivity index (χ2n) is 7.03. The number of aryl methyl sites for hydroxylation is 1. The third-order valence-electron chi connectivity index (χ3n) is 5.08. The zero-order valence-corrected chi connectivity index (χ0v) is 16.5. The molecule has 2 heteroatoms. The van der Waals surface area contributed by atoms with Crippen molar-refractivity contribution in [1.29, 1.82) is 0 Å². The van der Waals surface area contributed by atoms with Gasteiger partial charge in [0.2, 0.25) is 0 Å². The average Bonchev–Trinajstić information content (AvgIpc) is 2.70. The van der Waals surface area contributed by atoms with Crippen molar-refractivity contribution in [1.82, 2.24) is 0 Å². The summed E-state index contributed by atoms with van der Waals surface area (Å²) in [5.74, 6) is 0. The predicted octanol–water partition coefficient (Wildman–Crippen LogP) is 6.05. The van der Waals surface area contributed by atoms with Gasteiger partial charge in [0.15, 0.2) is 0 Å². The van der Waals surface area contributed by atoms with Crippen LogP contribution in [0.4, 0.5) is 11.4 Å². The van der Waals surface area contributed by atoms with Crippen molar-refractivity contribution in [2.24, 2.45) is 0 Å². The fourth-order valence-electron chi connectivity index (χ4n) is 3.62. The maximum atomic E-state index is 5.94. The summed E-state index contributed by atoms with van der Waals surface area (Å²) in [6.07, 6.45) is 9.04. The molecule has 1 N–H and O–H groups in total. The summed E-state index contributed by atoms with van der Waals surface area (Å²) >= 11 is 5.94. The van der Waals surface area contributed by atoms with Gasteiger partial charge in [0, 0.05) is 10.9 Å². The quantitative estimate of drug-likeness (QED) is 0.358. The summed E-state index contributed by atoms with van der Waals surface area (Å²) in [4.78, 5) is 0. The third kappa shape index (κ3) is 4.69. The first-order chi connectivity index (χ1) is 12.8.